The second-order valence-corrected chi connectivity index (χ2v) is 6.75. The van der Waals surface area contributed by atoms with Crippen molar-refractivity contribution in [2.75, 3.05) is 17.2 Å². The van der Waals surface area contributed by atoms with Crippen LogP contribution in [-0.2, 0) is 16.0 Å². The number of aryl methyl sites for hydroxylation is 2. The van der Waals surface area contributed by atoms with Crippen LogP contribution in [0.25, 0.3) is 0 Å². The van der Waals surface area contributed by atoms with E-state index in [1.807, 2.05) is 50.2 Å². The Labute approximate surface area is 154 Å². The summed E-state index contributed by atoms with van der Waals surface area (Å²) in [5, 5.41) is 9.23. The molecule has 0 unspecified atom stereocenters. The van der Waals surface area contributed by atoms with Gasteiger partial charge in [-0.3, -0.25) is 9.59 Å². The van der Waals surface area contributed by atoms with Gasteiger partial charge in [0.2, 0.25) is 11.8 Å². The lowest BCUT2D eigenvalue weighted by molar-refractivity contribution is -0.121. The summed E-state index contributed by atoms with van der Waals surface area (Å²) in [6, 6.07) is 13.9. The molecule has 0 saturated carbocycles. The Morgan fingerprint density at radius 1 is 1.19 bits per heavy atom. The highest BCUT2D eigenvalue weighted by molar-refractivity contribution is 5.93. The number of hydrogen-bond acceptors (Lipinski definition) is 3. The zero-order valence-corrected chi connectivity index (χ0v) is 15.3. The molecule has 0 radical (unpaired) electrons. The molecule has 3 rings (SSSR count). The van der Waals surface area contributed by atoms with Crippen molar-refractivity contribution < 1.29 is 9.59 Å². The van der Waals surface area contributed by atoms with Gasteiger partial charge < -0.3 is 16.0 Å². The third kappa shape index (κ3) is 4.42. The molecule has 1 aliphatic heterocycles. The molecular formula is C21H25N3O2. The molecule has 2 aromatic carbocycles. The number of fused-ring (bicyclic) bond motifs is 1. The predicted octanol–water partition coefficient (Wildman–Crippen LogP) is 3.56. The molecule has 0 spiro atoms. The molecule has 1 atom stereocenters. The maximum atomic E-state index is 12.2. The molecule has 1 aliphatic rings. The Balaban J connectivity index is 1.51. The Morgan fingerprint density at radius 2 is 2.00 bits per heavy atom. The van der Waals surface area contributed by atoms with Crippen LogP contribution in [0.15, 0.2) is 42.5 Å². The van der Waals surface area contributed by atoms with Crippen molar-refractivity contribution in [2.24, 2.45) is 0 Å². The van der Waals surface area contributed by atoms with E-state index in [9.17, 15) is 9.59 Å². The molecule has 5 nitrogen and oxygen atoms in total. The molecule has 0 aromatic heterocycles. The van der Waals surface area contributed by atoms with Crippen LogP contribution in [0.3, 0.4) is 0 Å². The largest absolute Gasteiger partial charge is 0.384 e. The van der Waals surface area contributed by atoms with Crippen molar-refractivity contribution in [1.29, 1.82) is 0 Å². The second-order valence-electron chi connectivity index (χ2n) is 6.75. The zero-order valence-electron chi connectivity index (χ0n) is 15.3. The molecule has 0 bridgehead atoms. The van der Waals surface area contributed by atoms with Gasteiger partial charge in [-0.25, -0.2) is 0 Å². The van der Waals surface area contributed by atoms with E-state index < -0.39 is 0 Å². The summed E-state index contributed by atoms with van der Waals surface area (Å²) >= 11 is 0. The van der Waals surface area contributed by atoms with Gasteiger partial charge in [-0.05, 0) is 49.1 Å². The van der Waals surface area contributed by atoms with E-state index in [0.717, 1.165) is 28.9 Å². The molecule has 2 amide bonds. The fraction of sp³-hybridized carbons (Fsp3) is 0.333. The van der Waals surface area contributed by atoms with Gasteiger partial charge in [0.1, 0.15) is 0 Å². The van der Waals surface area contributed by atoms with Crippen molar-refractivity contribution in [1.82, 2.24) is 5.32 Å². The van der Waals surface area contributed by atoms with Crippen LogP contribution in [0.2, 0.25) is 0 Å². The smallest absolute Gasteiger partial charge is 0.224 e. The van der Waals surface area contributed by atoms with Gasteiger partial charge in [-0.15, -0.1) is 0 Å². The molecule has 26 heavy (non-hydrogen) atoms. The van der Waals surface area contributed by atoms with E-state index in [2.05, 4.69) is 22.0 Å². The molecule has 2 aromatic rings. The Hall–Kier alpha value is -2.82. The van der Waals surface area contributed by atoms with Crippen LogP contribution in [-0.4, -0.2) is 18.4 Å². The molecular weight excluding hydrogens is 326 g/mol. The monoisotopic (exact) mass is 351 g/mol. The zero-order chi connectivity index (χ0) is 18.5. The first-order valence-corrected chi connectivity index (χ1v) is 9.04. The highest BCUT2D eigenvalue weighted by Crippen LogP contribution is 2.26. The number of rotatable bonds is 6. The molecule has 3 N–H and O–H groups in total. The minimum absolute atomic E-state index is 0.0182. The van der Waals surface area contributed by atoms with Crippen LogP contribution < -0.4 is 16.0 Å². The molecule has 1 heterocycles. The topological polar surface area (TPSA) is 70.2 Å². The van der Waals surface area contributed by atoms with E-state index in [1.165, 1.54) is 5.56 Å². The standard InChI is InChI=1S/C21H25N3O2/c1-14-5-3-4-6-18(14)22-12-11-21(26)23-15(2)16-7-9-19-17(13-16)8-10-20(25)24-19/h3-7,9,13,15,22H,8,10-12H2,1-2H3,(H,23,26)(H,24,25)/t15-/m1/s1. The second kappa shape index (κ2) is 8.04. The van der Waals surface area contributed by atoms with E-state index in [-0.39, 0.29) is 17.9 Å². The van der Waals surface area contributed by atoms with Crippen molar-refractivity contribution in [3.63, 3.8) is 0 Å². The van der Waals surface area contributed by atoms with Crippen LogP contribution in [0, 0.1) is 6.92 Å². The SMILES string of the molecule is Cc1ccccc1NCCC(=O)N[C@H](C)c1ccc2c(c1)CCC(=O)N2. The summed E-state index contributed by atoms with van der Waals surface area (Å²) in [7, 11) is 0. The third-order valence-corrected chi connectivity index (χ3v) is 4.71. The molecule has 0 saturated heterocycles. The van der Waals surface area contributed by atoms with Crippen LogP contribution in [0.5, 0.6) is 0 Å². The highest BCUT2D eigenvalue weighted by atomic mass is 16.2. The van der Waals surface area contributed by atoms with E-state index in [0.29, 0.717) is 19.4 Å². The number of para-hydroxylation sites is 1. The minimum Gasteiger partial charge on any atom is -0.384 e. The number of benzene rings is 2. The van der Waals surface area contributed by atoms with Crippen molar-refractivity contribution in [3.8, 4) is 0 Å². The van der Waals surface area contributed by atoms with Crippen molar-refractivity contribution in [3.05, 3.63) is 59.2 Å². The first-order chi connectivity index (χ1) is 12.5. The summed E-state index contributed by atoms with van der Waals surface area (Å²) in [5.41, 5.74) is 5.29. The number of amides is 2. The maximum absolute atomic E-state index is 12.2. The highest BCUT2D eigenvalue weighted by Gasteiger charge is 2.17. The number of hydrogen-bond donors (Lipinski definition) is 3. The lowest BCUT2D eigenvalue weighted by Crippen LogP contribution is -2.28. The van der Waals surface area contributed by atoms with Gasteiger partial charge in [-0.2, -0.15) is 0 Å². The predicted molar refractivity (Wildman–Crippen MR) is 104 cm³/mol. The summed E-state index contributed by atoms with van der Waals surface area (Å²) < 4.78 is 0. The molecule has 0 aliphatic carbocycles. The average molecular weight is 351 g/mol. The van der Waals surface area contributed by atoms with Gasteiger partial charge in [-0.1, -0.05) is 30.3 Å². The summed E-state index contributed by atoms with van der Waals surface area (Å²) in [6.45, 7) is 4.62. The molecule has 5 heteroatoms. The van der Waals surface area contributed by atoms with E-state index in [1.54, 1.807) is 0 Å². The van der Waals surface area contributed by atoms with E-state index in [4.69, 9.17) is 0 Å². The number of carbonyl (C=O) groups is 2. The first kappa shape index (κ1) is 18.0. The lowest BCUT2D eigenvalue weighted by Gasteiger charge is -2.20. The van der Waals surface area contributed by atoms with Gasteiger partial charge >= 0.3 is 0 Å². The number of carbonyl (C=O) groups excluding carboxylic acids is 2. The Morgan fingerprint density at radius 3 is 2.81 bits per heavy atom. The van der Waals surface area contributed by atoms with Crippen molar-refractivity contribution >= 4 is 23.2 Å². The summed E-state index contributed by atoms with van der Waals surface area (Å²) in [4.78, 5) is 23.7. The lowest BCUT2D eigenvalue weighted by atomic mass is 9.98. The quantitative estimate of drug-likeness (QED) is 0.745. The van der Waals surface area contributed by atoms with Gasteiger partial charge in [0.15, 0.2) is 0 Å². The average Bonchev–Trinajstić information content (AvgIpc) is 2.62. The normalized spacial score (nSPS) is 14.2. The molecule has 0 fully saturated rings. The molecule has 136 valence electrons. The fourth-order valence-corrected chi connectivity index (χ4v) is 3.15. The number of nitrogens with one attached hydrogen (secondary N) is 3. The Bertz CT molecular complexity index is 817. The summed E-state index contributed by atoms with van der Waals surface area (Å²) in [6.07, 6.45) is 1.68. The Kier molecular flexibility index (Phi) is 5.56. The van der Waals surface area contributed by atoms with Crippen LogP contribution in [0.1, 0.15) is 42.5 Å². The van der Waals surface area contributed by atoms with Crippen LogP contribution in [0.4, 0.5) is 11.4 Å². The minimum atomic E-state index is -0.0658. The van der Waals surface area contributed by atoms with Gasteiger partial charge in [0.25, 0.3) is 0 Å². The maximum Gasteiger partial charge on any atom is 0.224 e. The fourth-order valence-electron chi connectivity index (χ4n) is 3.15. The van der Waals surface area contributed by atoms with Gasteiger partial charge in [0.05, 0.1) is 6.04 Å². The third-order valence-electron chi connectivity index (χ3n) is 4.71. The summed E-state index contributed by atoms with van der Waals surface area (Å²) in [5.74, 6) is 0.0809. The van der Waals surface area contributed by atoms with Crippen molar-refractivity contribution in [2.45, 2.75) is 39.2 Å². The first-order valence-electron chi connectivity index (χ1n) is 9.04. The van der Waals surface area contributed by atoms with Gasteiger partial charge in [0, 0.05) is 30.8 Å². The van der Waals surface area contributed by atoms with E-state index >= 15 is 0 Å². The number of anilines is 2. The van der Waals surface area contributed by atoms with Crippen LogP contribution >= 0.6 is 0 Å².